The third-order valence-electron chi connectivity index (χ3n) is 5.99. The standard InChI is InChI=1S/C27H38N2O5S/c1-26(2,3)19-9-14-24(23(16-19)27(4,5)6)34-18-25(30)29-20-10-12-22(13-11-20)35(31,32)28-17-21-8-7-15-33-21/h9-14,16,21,28H,7-8,15,17-18H2,1-6H3,(H,29,30). The Hall–Kier alpha value is -2.42. The first kappa shape index (κ1) is 27.2. The third kappa shape index (κ3) is 7.53. The highest BCUT2D eigenvalue weighted by Crippen LogP contribution is 2.35. The number of amides is 1. The van der Waals surface area contributed by atoms with E-state index in [0.717, 1.165) is 18.4 Å². The number of nitrogens with one attached hydrogen (secondary N) is 2. The summed E-state index contributed by atoms with van der Waals surface area (Å²) in [6.07, 6.45) is 1.73. The zero-order valence-corrected chi connectivity index (χ0v) is 22.4. The largest absolute Gasteiger partial charge is 0.483 e. The lowest BCUT2D eigenvalue weighted by Gasteiger charge is -2.27. The van der Waals surface area contributed by atoms with Crippen LogP contribution in [0, 0.1) is 0 Å². The molecule has 0 saturated carbocycles. The van der Waals surface area contributed by atoms with Crippen molar-refractivity contribution in [2.24, 2.45) is 0 Å². The van der Waals surface area contributed by atoms with Gasteiger partial charge in [-0.05, 0) is 65.1 Å². The molecule has 0 spiro atoms. The van der Waals surface area contributed by atoms with E-state index in [1.54, 1.807) is 12.1 Å². The molecule has 0 radical (unpaired) electrons. The SMILES string of the molecule is CC(C)(C)c1ccc(OCC(=O)Nc2ccc(S(=O)(=O)NCC3CCCO3)cc2)c(C(C)(C)C)c1. The van der Waals surface area contributed by atoms with Gasteiger partial charge in [0.25, 0.3) is 5.91 Å². The Bertz CT molecular complexity index is 1120. The summed E-state index contributed by atoms with van der Waals surface area (Å²) in [6.45, 7) is 13.6. The minimum Gasteiger partial charge on any atom is -0.483 e. The van der Waals surface area contributed by atoms with Crippen molar-refractivity contribution in [2.45, 2.75) is 76.2 Å². The maximum Gasteiger partial charge on any atom is 0.262 e. The van der Waals surface area contributed by atoms with Gasteiger partial charge in [-0.25, -0.2) is 13.1 Å². The van der Waals surface area contributed by atoms with Gasteiger partial charge in [-0.1, -0.05) is 53.7 Å². The summed E-state index contributed by atoms with van der Waals surface area (Å²) in [5.41, 5.74) is 2.61. The van der Waals surface area contributed by atoms with Crippen molar-refractivity contribution in [3.63, 3.8) is 0 Å². The molecule has 192 valence electrons. The molecular weight excluding hydrogens is 464 g/mol. The zero-order valence-electron chi connectivity index (χ0n) is 21.6. The number of hydrogen-bond acceptors (Lipinski definition) is 5. The van der Waals surface area contributed by atoms with Crippen molar-refractivity contribution in [3.8, 4) is 5.75 Å². The van der Waals surface area contributed by atoms with Gasteiger partial charge >= 0.3 is 0 Å². The smallest absolute Gasteiger partial charge is 0.262 e. The number of hydrogen-bond donors (Lipinski definition) is 2. The Balaban J connectivity index is 1.60. The quantitative estimate of drug-likeness (QED) is 0.543. The fourth-order valence-corrected chi connectivity index (χ4v) is 4.92. The minimum atomic E-state index is -3.64. The van der Waals surface area contributed by atoms with Crippen molar-refractivity contribution in [1.29, 1.82) is 0 Å². The van der Waals surface area contributed by atoms with Crippen LogP contribution >= 0.6 is 0 Å². The second-order valence-corrected chi connectivity index (χ2v) is 12.8. The summed E-state index contributed by atoms with van der Waals surface area (Å²) in [4.78, 5) is 12.7. The first-order valence-corrected chi connectivity index (χ1v) is 13.5. The van der Waals surface area contributed by atoms with Crippen molar-refractivity contribution in [3.05, 3.63) is 53.6 Å². The van der Waals surface area contributed by atoms with E-state index in [2.05, 4.69) is 57.6 Å². The van der Waals surface area contributed by atoms with Crippen LogP contribution in [0.5, 0.6) is 5.75 Å². The van der Waals surface area contributed by atoms with Crippen LogP contribution in [-0.2, 0) is 30.4 Å². The maximum absolute atomic E-state index is 12.5. The number of carbonyl (C=O) groups is 1. The summed E-state index contributed by atoms with van der Waals surface area (Å²) >= 11 is 0. The van der Waals surface area contributed by atoms with E-state index in [9.17, 15) is 13.2 Å². The van der Waals surface area contributed by atoms with Crippen molar-refractivity contribution >= 4 is 21.6 Å². The highest BCUT2D eigenvalue weighted by molar-refractivity contribution is 7.89. The molecule has 0 aromatic heterocycles. The predicted octanol–water partition coefficient (Wildman–Crippen LogP) is 4.76. The normalized spacial score (nSPS) is 16.8. The summed E-state index contributed by atoms with van der Waals surface area (Å²) in [5, 5.41) is 2.76. The molecule has 1 fully saturated rings. The molecule has 2 aromatic carbocycles. The topological polar surface area (TPSA) is 93.7 Å². The molecule has 3 rings (SSSR count). The summed E-state index contributed by atoms with van der Waals surface area (Å²) in [5.74, 6) is 0.358. The van der Waals surface area contributed by atoms with Crippen LogP contribution in [0.4, 0.5) is 5.69 Å². The van der Waals surface area contributed by atoms with Gasteiger partial charge in [0.05, 0.1) is 11.0 Å². The number of carbonyl (C=O) groups excluding carboxylic acids is 1. The van der Waals surface area contributed by atoms with Crippen LogP contribution in [0.1, 0.15) is 65.5 Å². The Kier molecular flexibility index (Phi) is 8.29. The van der Waals surface area contributed by atoms with Crippen molar-refractivity contribution in [1.82, 2.24) is 4.72 Å². The molecule has 2 aromatic rings. The van der Waals surface area contributed by atoms with Crippen LogP contribution in [0.25, 0.3) is 0 Å². The lowest BCUT2D eigenvalue weighted by molar-refractivity contribution is -0.118. The van der Waals surface area contributed by atoms with Crippen LogP contribution in [0.15, 0.2) is 47.4 Å². The van der Waals surface area contributed by atoms with Crippen LogP contribution in [0.3, 0.4) is 0 Å². The number of anilines is 1. The Morgan fingerprint density at radius 1 is 1.03 bits per heavy atom. The molecule has 1 unspecified atom stereocenters. The molecule has 1 amide bonds. The molecule has 2 N–H and O–H groups in total. The van der Waals surface area contributed by atoms with Crippen molar-refractivity contribution in [2.75, 3.05) is 25.1 Å². The Morgan fingerprint density at radius 3 is 2.29 bits per heavy atom. The summed E-state index contributed by atoms with van der Waals surface area (Å²) < 4.78 is 39.0. The molecule has 1 aliphatic rings. The zero-order chi connectivity index (χ0) is 25.9. The summed E-state index contributed by atoms with van der Waals surface area (Å²) in [6, 6.07) is 12.2. The van der Waals surface area contributed by atoms with Gasteiger partial charge in [0.2, 0.25) is 10.0 Å². The van der Waals surface area contributed by atoms with E-state index in [-0.39, 0.29) is 40.9 Å². The van der Waals surface area contributed by atoms with E-state index in [1.807, 2.05) is 12.1 Å². The average molecular weight is 503 g/mol. The lowest BCUT2D eigenvalue weighted by Crippen LogP contribution is -2.31. The van der Waals surface area contributed by atoms with Gasteiger partial charge in [-0.3, -0.25) is 4.79 Å². The molecule has 1 heterocycles. The van der Waals surface area contributed by atoms with Gasteiger partial charge in [0.15, 0.2) is 6.61 Å². The molecule has 1 aliphatic heterocycles. The van der Waals surface area contributed by atoms with Gasteiger partial charge < -0.3 is 14.8 Å². The number of sulfonamides is 1. The molecule has 1 atom stereocenters. The fourth-order valence-electron chi connectivity index (χ4n) is 3.86. The second kappa shape index (κ2) is 10.7. The summed E-state index contributed by atoms with van der Waals surface area (Å²) in [7, 11) is -3.64. The van der Waals surface area contributed by atoms with E-state index in [0.29, 0.717) is 18.0 Å². The Morgan fingerprint density at radius 2 is 1.71 bits per heavy atom. The molecule has 8 heteroatoms. The Labute approximate surface area is 209 Å². The van der Waals surface area contributed by atoms with E-state index >= 15 is 0 Å². The monoisotopic (exact) mass is 502 g/mol. The first-order valence-electron chi connectivity index (χ1n) is 12.0. The van der Waals surface area contributed by atoms with Gasteiger partial charge in [-0.15, -0.1) is 0 Å². The van der Waals surface area contributed by atoms with Crippen molar-refractivity contribution < 1.29 is 22.7 Å². The van der Waals surface area contributed by atoms with Gasteiger partial charge in [0.1, 0.15) is 5.75 Å². The number of benzene rings is 2. The molecule has 0 bridgehead atoms. The number of rotatable bonds is 8. The van der Waals surface area contributed by atoms with E-state index in [1.165, 1.54) is 17.7 Å². The fraction of sp³-hybridized carbons (Fsp3) is 0.519. The van der Waals surface area contributed by atoms with E-state index < -0.39 is 10.0 Å². The minimum absolute atomic E-state index is 0.00927. The van der Waals surface area contributed by atoms with Crippen LogP contribution in [-0.4, -0.2) is 40.2 Å². The molecule has 7 nitrogen and oxygen atoms in total. The van der Waals surface area contributed by atoms with Crippen LogP contribution < -0.4 is 14.8 Å². The first-order chi connectivity index (χ1) is 16.3. The maximum atomic E-state index is 12.5. The highest BCUT2D eigenvalue weighted by Gasteiger charge is 2.24. The van der Waals surface area contributed by atoms with Gasteiger partial charge in [0, 0.05) is 18.8 Å². The van der Waals surface area contributed by atoms with Crippen LogP contribution in [0.2, 0.25) is 0 Å². The predicted molar refractivity (Wildman–Crippen MR) is 139 cm³/mol. The second-order valence-electron chi connectivity index (χ2n) is 11.1. The number of ether oxygens (including phenoxy) is 2. The van der Waals surface area contributed by atoms with Gasteiger partial charge in [-0.2, -0.15) is 0 Å². The van der Waals surface area contributed by atoms with E-state index in [4.69, 9.17) is 9.47 Å². The molecule has 0 aliphatic carbocycles. The lowest BCUT2D eigenvalue weighted by atomic mass is 9.80. The molecule has 1 saturated heterocycles. The molecular formula is C27H38N2O5S. The highest BCUT2D eigenvalue weighted by atomic mass is 32.2. The third-order valence-corrected chi connectivity index (χ3v) is 7.43. The molecule has 35 heavy (non-hydrogen) atoms. The average Bonchev–Trinajstić information content (AvgIpc) is 3.29.